The second-order valence-corrected chi connectivity index (χ2v) is 3.16. The summed E-state index contributed by atoms with van der Waals surface area (Å²) in [6.45, 7) is 6.04. The zero-order valence-corrected chi connectivity index (χ0v) is 9.54. The highest BCUT2D eigenvalue weighted by atomic mass is 35.5. The van der Waals surface area contributed by atoms with Crippen molar-refractivity contribution in [2.45, 2.75) is 46.2 Å². The molecule has 0 aromatic heterocycles. The quantitative estimate of drug-likeness (QED) is 0.379. The first-order valence-corrected chi connectivity index (χ1v) is 5.07. The van der Waals surface area contributed by atoms with Gasteiger partial charge in [-0.2, -0.15) is 0 Å². The molecule has 0 rings (SSSR count). The van der Waals surface area contributed by atoms with Crippen LogP contribution in [0, 0.1) is 0 Å². The van der Waals surface area contributed by atoms with E-state index in [1.54, 1.807) is 13.8 Å². The van der Waals surface area contributed by atoms with Crippen molar-refractivity contribution in [3.8, 4) is 0 Å². The van der Waals surface area contributed by atoms with Crippen LogP contribution in [0.3, 0.4) is 0 Å². The molecule has 0 fully saturated rings. The van der Waals surface area contributed by atoms with E-state index in [1.165, 1.54) is 0 Å². The average molecular weight is 225 g/mol. The summed E-state index contributed by atoms with van der Waals surface area (Å²) in [4.78, 5) is 10.3. The standard InChI is InChI=1S/C9H17ClO4/c1-4-5-6-12-7(2)13-8(3)14-9(10)11/h7-8H,4-6H2,1-3H3. The molecular formula is C9H17ClO4. The van der Waals surface area contributed by atoms with Crippen molar-refractivity contribution >= 4 is 17.0 Å². The maximum atomic E-state index is 10.3. The maximum absolute atomic E-state index is 10.3. The van der Waals surface area contributed by atoms with Crippen molar-refractivity contribution in [1.82, 2.24) is 0 Å². The van der Waals surface area contributed by atoms with Gasteiger partial charge >= 0.3 is 5.43 Å². The SMILES string of the molecule is CCCCOC(C)OC(C)OC(=O)Cl. The predicted octanol–water partition coefficient (Wildman–Crippen LogP) is 2.89. The summed E-state index contributed by atoms with van der Waals surface area (Å²) in [5.41, 5.74) is -0.877. The molecule has 0 saturated carbocycles. The molecule has 84 valence electrons. The minimum absolute atomic E-state index is 0.396. The van der Waals surface area contributed by atoms with Gasteiger partial charge < -0.3 is 14.2 Å². The van der Waals surface area contributed by atoms with E-state index in [4.69, 9.17) is 21.1 Å². The lowest BCUT2D eigenvalue weighted by molar-refractivity contribution is -0.210. The topological polar surface area (TPSA) is 44.8 Å². The zero-order valence-electron chi connectivity index (χ0n) is 8.79. The molecule has 14 heavy (non-hydrogen) atoms. The van der Waals surface area contributed by atoms with E-state index in [9.17, 15) is 4.79 Å². The van der Waals surface area contributed by atoms with Gasteiger partial charge in [-0.05, 0) is 20.3 Å². The Labute approximate surface area is 89.5 Å². The lowest BCUT2D eigenvalue weighted by Gasteiger charge is -2.18. The van der Waals surface area contributed by atoms with Crippen LogP contribution >= 0.6 is 11.6 Å². The summed E-state index contributed by atoms with van der Waals surface area (Å²) < 4.78 is 15.0. The Bertz CT molecular complexity index is 163. The van der Waals surface area contributed by atoms with Crippen LogP contribution in [0.1, 0.15) is 33.6 Å². The minimum atomic E-state index is -0.877. The van der Waals surface area contributed by atoms with Crippen LogP contribution in [-0.2, 0) is 14.2 Å². The Morgan fingerprint density at radius 2 is 2.00 bits per heavy atom. The number of unbranched alkanes of at least 4 members (excludes halogenated alkanes) is 1. The highest BCUT2D eigenvalue weighted by molar-refractivity contribution is 6.61. The molecule has 0 heterocycles. The van der Waals surface area contributed by atoms with Gasteiger partial charge in [0.25, 0.3) is 0 Å². The molecule has 0 amide bonds. The number of hydrogen-bond donors (Lipinski definition) is 0. The molecule has 0 aromatic rings. The molecule has 0 N–H and O–H groups in total. The summed E-state index contributed by atoms with van der Waals surface area (Å²) in [7, 11) is 0. The first-order valence-electron chi connectivity index (χ1n) is 4.69. The van der Waals surface area contributed by atoms with Gasteiger partial charge in [0.1, 0.15) is 0 Å². The van der Waals surface area contributed by atoms with Crippen molar-refractivity contribution in [3.05, 3.63) is 0 Å². The molecule has 0 saturated heterocycles. The highest BCUT2D eigenvalue weighted by Crippen LogP contribution is 2.04. The summed E-state index contributed by atoms with van der Waals surface area (Å²) in [5, 5.41) is 0. The van der Waals surface area contributed by atoms with Crippen LogP contribution in [0.25, 0.3) is 0 Å². The number of hydrogen-bond acceptors (Lipinski definition) is 4. The Morgan fingerprint density at radius 3 is 2.50 bits per heavy atom. The second kappa shape index (κ2) is 8.03. The highest BCUT2D eigenvalue weighted by Gasteiger charge is 2.11. The minimum Gasteiger partial charge on any atom is -0.424 e. The zero-order chi connectivity index (χ0) is 11.0. The molecule has 0 bridgehead atoms. The van der Waals surface area contributed by atoms with Gasteiger partial charge in [-0.1, -0.05) is 13.3 Å². The van der Waals surface area contributed by atoms with Gasteiger partial charge in [0.15, 0.2) is 6.29 Å². The first kappa shape index (κ1) is 13.7. The van der Waals surface area contributed by atoms with Gasteiger partial charge in [0.05, 0.1) is 0 Å². The summed E-state index contributed by atoms with van der Waals surface area (Å²) in [6.07, 6.45) is 0.972. The first-order chi connectivity index (χ1) is 6.56. The van der Waals surface area contributed by atoms with E-state index in [1.807, 2.05) is 0 Å². The van der Waals surface area contributed by atoms with Crippen molar-refractivity contribution < 1.29 is 19.0 Å². The third-order valence-electron chi connectivity index (χ3n) is 1.49. The normalized spacial score (nSPS) is 14.9. The summed E-state index contributed by atoms with van der Waals surface area (Å²) >= 11 is 5.00. The Balaban J connectivity index is 3.49. The molecule has 2 atom stereocenters. The number of halogens is 1. The lowest BCUT2D eigenvalue weighted by atomic mass is 10.4. The van der Waals surface area contributed by atoms with E-state index in [2.05, 4.69) is 11.7 Å². The number of ether oxygens (including phenoxy) is 3. The molecule has 0 aliphatic rings. The van der Waals surface area contributed by atoms with Gasteiger partial charge in [-0.25, -0.2) is 4.79 Å². The molecule has 0 spiro atoms. The van der Waals surface area contributed by atoms with Crippen LogP contribution in [0.2, 0.25) is 0 Å². The maximum Gasteiger partial charge on any atom is 0.406 e. The molecule has 2 unspecified atom stereocenters. The molecule has 0 radical (unpaired) electrons. The second-order valence-electron chi connectivity index (χ2n) is 2.85. The third kappa shape index (κ3) is 8.29. The summed E-state index contributed by atoms with van der Waals surface area (Å²) in [6, 6.07) is 0. The third-order valence-corrected chi connectivity index (χ3v) is 1.58. The Morgan fingerprint density at radius 1 is 1.36 bits per heavy atom. The van der Waals surface area contributed by atoms with Gasteiger partial charge in [-0.15, -0.1) is 0 Å². The fraction of sp³-hybridized carbons (Fsp3) is 0.889. The van der Waals surface area contributed by atoms with Crippen molar-refractivity contribution in [2.75, 3.05) is 6.61 Å². The smallest absolute Gasteiger partial charge is 0.406 e. The molecule has 0 aliphatic carbocycles. The predicted molar refractivity (Wildman–Crippen MR) is 53.2 cm³/mol. The number of carbonyl (C=O) groups excluding carboxylic acids is 1. The van der Waals surface area contributed by atoms with Crippen LogP contribution in [0.15, 0.2) is 0 Å². The van der Waals surface area contributed by atoms with Crippen LogP contribution in [-0.4, -0.2) is 24.6 Å². The number of rotatable bonds is 7. The lowest BCUT2D eigenvalue weighted by Crippen LogP contribution is -2.23. The fourth-order valence-electron chi connectivity index (χ4n) is 0.861. The average Bonchev–Trinajstić information content (AvgIpc) is 2.02. The molecule has 5 heteroatoms. The van der Waals surface area contributed by atoms with Gasteiger partial charge in [-0.3, -0.25) is 0 Å². The Hall–Kier alpha value is -0.320. The van der Waals surface area contributed by atoms with Gasteiger partial charge in [0.2, 0.25) is 6.29 Å². The van der Waals surface area contributed by atoms with Crippen molar-refractivity contribution in [2.24, 2.45) is 0 Å². The van der Waals surface area contributed by atoms with E-state index in [-0.39, 0.29) is 0 Å². The van der Waals surface area contributed by atoms with Crippen LogP contribution in [0.4, 0.5) is 4.79 Å². The van der Waals surface area contributed by atoms with E-state index in [0.717, 1.165) is 12.8 Å². The molecule has 4 nitrogen and oxygen atoms in total. The van der Waals surface area contributed by atoms with Crippen molar-refractivity contribution in [1.29, 1.82) is 0 Å². The van der Waals surface area contributed by atoms with E-state index < -0.39 is 18.0 Å². The monoisotopic (exact) mass is 224 g/mol. The molecular weight excluding hydrogens is 208 g/mol. The number of carbonyl (C=O) groups is 1. The van der Waals surface area contributed by atoms with E-state index in [0.29, 0.717) is 6.61 Å². The van der Waals surface area contributed by atoms with Crippen LogP contribution in [0.5, 0.6) is 0 Å². The largest absolute Gasteiger partial charge is 0.424 e. The Kier molecular flexibility index (Phi) is 7.84. The van der Waals surface area contributed by atoms with E-state index >= 15 is 0 Å². The molecule has 0 aromatic carbocycles. The molecule has 0 aliphatic heterocycles. The fourth-order valence-corrected chi connectivity index (χ4v) is 0.987. The van der Waals surface area contributed by atoms with Gasteiger partial charge in [0, 0.05) is 18.2 Å². The van der Waals surface area contributed by atoms with Crippen molar-refractivity contribution in [3.63, 3.8) is 0 Å². The summed E-state index contributed by atoms with van der Waals surface area (Å²) in [5.74, 6) is 0. The van der Waals surface area contributed by atoms with Crippen LogP contribution < -0.4 is 0 Å².